The Morgan fingerprint density at radius 1 is 1.27 bits per heavy atom. The second-order valence-corrected chi connectivity index (χ2v) is 7.41. The first-order valence-electron chi connectivity index (χ1n) is 9.99. The van der Waals surface area contributed by atoms with Gasteiger partial charge in [0.15, 0.2) is 10.8 Å². The molecule has 1 amide bonds. The zero-order valence-corrected chi connectivity index (χ0v) is 17.7. The number of carboxylic acid groups (broad SMARTS) is 2. The highest BCUT2D eigenvalue weighted by molar-refractivity contribution is 5.96. The fourth-order valence-electron chi connectivity index (χ4n) is 3.28. The molecule has 2 atom stereocenters. The minimum absolute atomic E-state index is 0.0221. The van der Waals surface area contributed by atoms with Gasteiger partial charge in [0, 0.05) is 31.3 Å². The molecule has 1 aromatic heterocycles. The minimum atomic E-state index is -1.27. The third-order valence-electron chi connectivity index (χ3n) is 5.04. The molecule has 2 heterocycles. The van der Waals surface area contributed by atoms with Gasteiger partial charge in [-0.3, -0.25) is 29.4 Å². The van der Waals surface area contributed by atoms with E-state index in [1.165, 1.54) is 19.2 Å². The number of nitrogens with two attached hydrogens (primary N) is 1. The zero-order chi connectivity index (χ0) is 24.1. The first-order valence-corrected chi connectivity index (χ1v) is 9.99. The quantitative estimate of drug-likeness (QED) is 0.296. The van der Waals surface area contributed by atoms with Crippen LogP contribution in [0.3, 0.4) is 0 Å². The third-order valence-corrected chi connectivity index (χ3v) is 5.04. The van der Waals surface area contributed by atoms with Crippen molar-refractivity contribution in [1.29, 1.82) is 0 Å². The van der Waals surface area contributed by atoms with Gasteiger partial charge in [-0.25, -0.2) is 4.79 Å². The molecule has 13 heteroatoms. The molecule has 2 aromatic rings. The number of rotatable bonds is 9. The Morgan fingerprint density at radius 3 is 2.61 bits per heavy atom. The maximum absolute atomic E-state index is 12.6. The number of nitrogens with zero attached hydrogens (tertiary/aromatic N) is 4. The molecule has 0 saturated carbocycles. The van der Waals surface area contributed by atoms with E-state index in [-0.39, 0.29) is 41.2 Å². The number of nitrogen functional groups attached to an aromatic ring is 1. The molecule has 33 heavy (non-hydrogen) atoms. The number of anilines is 2. The molecule has 0 fully saturated rings. The zero-order valence-electron chi connectivity index (χ0n) is 17.7. The van der Waals surface area contributed by atoms with Gasteiger partial charge in [0.25, 0.3) is 11.5 Å². The van der Waals surface area contributed by atoms with Crippen LogP contribution >= 0.6 is 0 Å². The van der Waals surface area contributed by atoms with Crippen LogP contribution in [0.5, 0.6) is 0 Å². The molecule has 174 valence electrons. The number of aliphatic carboxylic acids is 2. The van der Waals surface area contributed by atoms with Crippen molar-refractivity contribution in [2.24, 2.45) is 9.98 Å². The fraction of sp³-hybridized carbons (Fsp3) is 0.350. The number of benzene rings is 1. The van der Waals surface area contributed by atoms with E-state index < -0.39 is 29.4 Å². The lowest BCUT2D eigenvalue weighted by molar-refractivity contribution is -0.143. The second kappa shape index (κ2) is 9.89. The van der Waals surface area contributed by atoms with Gasteiger partial charge in [-0.2, -0.15) is 4.98 Å². The minimum Gasteiger partial charge on any atom is -0.481 e. The van der Waals surface area contributed by atoms with Crippen LogP contribution in [0.2, 0.25) is 0 Å². The molecule has 13 nitrogen and oxygen atoms in total. The number of fused-ring (bicyclic) bond motifs is 1. The Kier molecular flexibility index (Phi) is 7.00. The van der Waals surface area contributed by atoms with Crippen LogP contribution in [0.15, 0.2) is 39.0 Å². The molecular formula is C20H23N7O6. The summed E-state index contributed by atoms with van der Waals surface area (Å²) in [5.41, 5.74) is 6.19. The van der Waals surface area contributed by atoms with Crippen LogP contribution in [-0.2, 0) is 9.59 Å². The van der Waals surface area contributed by atoms with Crippen molar-refractivity contribution in [3.63, 3.8) is 0 Å². The number of amides is 1. The molecule has 3 rings (SSSR count). The highest BCUT2D eigenvalue weighted by Crippen LogP contribution is 2.15. The van der Waals surface area contributed by atoms with E-state index in [0.717, 1.165) is 4.90 Å². The van der Waals surface area contributed by atoms with Gasteiger partial charge in [0.1, 0.15) is 6.04 Å². The molecule has 0 saturated heterocycles. The van der Waals surface area contributed by atoms with Crippen LogP contribution in [0.1, 0.15) is 23.2 Å². The Hall–Kier alpha value is -4.29. The molecular weight excluding hydrogens is 434 g/mol. The summed E-state index contributed by atoms with van der Waals surface area (Å²) in [5, 5.41) is 21.4. The first kappa shape index (κ1) is 23.4. The van der Waals surface area contributed by atoms with E-state index in [1.807, 2.05) is 0 Å². The van der Waals surface area contributed by atoms with E-state index in [1.54, 1.807) is 12.1 Å². The van der Waals surface area contributed by atoms with Gasteiger partial charge in [0.2, 0.25) is 5.95 Å². The van der Waals surface area contributed by atoms with Crippen LogP contribution in [0.25, 0.3) is 0 Å². The van der Waals surface area contributed by atoms with Crippen molar-refractivity contribution < 1.29 is 24.6 Å². The molecule has 0 radical (unpaired) electrons. The molecule has 2 unspecified atom stereocenters. The normalized spacial score (nSPS) is 15.4. The summed E-state index contributed by atoms with van der Waals surface area (Å²) in [6.45, 7) is 0.695. The summed E-state index contributed by atoms with van der Waals surface area (Å²) >= 11 is 0. The van der Waals surface area contributed by atoms with Gasteiger partial charge < -0.3 is 26.2 Å². The number of hydrogen-bond donors (Lipinski definition) is 5. The fourth-order valence-corrected chi connectivity index (χ4v) is 3.28. The van der Waals surface area contributed by atoms with Gasteiger partial charge in [0.05, 0.1) is 12.6 Å². The van der Waals surface area contributed by atoms with E-state index in [9.17, 15) is 24.3 Å². The van der Waals surface area contributed by atoms with Crippen LogP contribution in [0, 0.1) is 0 Å². The Bertz CT molecular complexity index is 1240. The Morgan fingerprint density at radius 2 is 1.97 bits per heavy atom. The van der Waals surface area contributed by atoms with E-state index >= 15 is 0 Å². The van der Waals surface area contributed by atoms with Crippen molar-refractivity contribution in [2.75, 3.05) is 31.2 Å². The third kappa shape index (κ3) is 5.70. The molecule has 0 spiro atoms. The number of aromatic nitrogens is 2. The molecule has 0 aliphatic carbocycles. The molecule has 1 aliphatic rings. The summed E-state index contributed by atoms with van der Waals surface area (Å²) in [6.07, 6.45) is -0.563. The standard InChI is InChI=1S/C20H23N7O6/c1-27(13(19(32)33)6-7-14(28)29)18(31)10-2-4-11(5-3-10)22-8-12-9-23-16-15(24-12)17(30)26-20(21)25-16/h2-5,12-13,22H,6-9H2,1H3,(H,28,29)(H,32,33)(H3,21,23,25,26,30). The lowest BCUT2D eigenvalue weighted by Gasteiger charge is -2.24. The summed E-state index contributed by atoms with van der Waals surface area (Å²) in [7, 11) is 1.32. The monoisotopic (exact) mass is 457 g/mol. The summed E-state index contributed by atoms with van der Waals surface area (Å²) < 4.78 is 0. The average Bonchev–Trinajstić information content (AvgIpc) is 2.77. The maximum atomic E-state index is 12.6. The molecule has 1 aromatic carbocycles. The predicted molar refractivity (Wildman–Crippen MR) is 116 cm³/mol. The molecule has 1 aliphatic heterocycles. The Balaban J connectivity index is 1.63. The van der Waals surface area contributed by atoms with Gasteiger partial charge in [-0.1, -0.05) is 0 Å². The van der Waals surface area contributed by atoms with Gasteiger partial charge in [-0.15, -0.1) is 0 Å². The number of carbonyl (C=O) groups is 3. The number of carbonyl (C=O) groups excluding carboxylic acids is 1. The number of aromatic amines is 1. The highest BCUT2D eigenvalue weighted by Gasteiger charge is 2.27. The number of H-pyrrole nitrogens is 1. The van der Waals surface area contributed by atoms with Crippen molar-refractivity contribution in [2.45, 2.75) is 24.9 Å². The lowest BCUT2D eigenvalue weighted by atomic mass is 10.1. The largest absolute Gasteiger partial charge is 0.481 e. The summed E-state index contributed by atoms with van der Waals surface area (Å²) in [6, 6.07) is 4.81. The van der Waals surface area contributed by atoms with E-state index in [0.29, 0.717) is 18.8 Å². The van der Waals surface area contributed by atoms with Gasteiger partial charge in [-0.05, 0) is 30.7 Å². The van der Waals surface area contributed by atoms with E-state index in [2.05, 4.69) is 25.3 Å². The predicted octanol–water partition coefficient (Wildman–Crippen LogP) is -1.52. The van der Waals surface area contributed by atoms with Gasteiger partial charge >= 0.3 is 11.9 Å². The first-order chi connectivity index (χ1) is 15.7. The Labute approximate surface area is 186 Å². The number of nitrogens with one attached hydrogen (secondary N) is 2. The van der Waals surface area contributed by atoms with Crippen LogP contribution < -0.4 is 27.5 Å². The van der Waals surface area contributed by atoms with Crippen LogP contribution in [0.4, 0.5) is 11.6 Å². The SMILES string of the molecule is CN(C(=O)c1ccc(NCC2CN=c3nc(N)[nH]c(=O)c3=N2)cc1)C(CCC(=O)O)C(=O)O. The summed E-state index contributed by atoms with van der Waals surface area (Å²) in [4.78, 5) is 62.8. The second-order valence-electron chi connectivity index (χ2n) is 7.41. The highest BCUT2D eigenvalue weighted by atomic mass is 16.4. The van der Waals surface area contributed by atoms with Crippen molar-refractivity contribution >= 4 is 29.5 Å². The van der Waals surface area contributed by atoms with Crippen LogP contribution in [-0.4, -0.2) is 75.1 Å². The number of likely N-dealkylation sites (N-methyl/N-ethyl adjacent to an activating group) is 1. The van der Waals surface area contributed by atoms with Crippen molar-refractivity contribution in [3.8, 4) is 0 Å². The smallest absolute Gasteiger partial charge is 0.326 e. The maximum Gasteiger partial charge on any atom is 0.326 e. The lowest BCUT2D eigenvalue weighted by Crippen LogP contribution is -2.48. The topological polar surface area (TPSA) is 203 Å². The number of carboxylic acids is 2. The summed E-state index contributed by atoms with van der Waals surface area (Å²) in [5.74, 6) is -2.97. The van der Waals surface area contributed by atoms with Crippen molar-refractivity contribution in [3.05, 3.63) is 51.0 Å². The molecule has 6 N–H and O–H groups in total. The number of hydrogen-bond acceptors (Lipinski definition) is 9. The van der Waals surface area contributed by atoms with Crippen molar-refractivity contribution in [1.82, 2.24) is 14.9 Å². The average molecular weight is 457 g/mol. The molecule has 0 bridgehead atoms. The van der Waals surface area contributed by atoms with E-state index in [4.69, 9.17) is 10.8 Å².